The number of ether oxygens (including phenoxy) is 2. The summed E-state index contributed by atoms with van der Waals surface area (Å²) in [4.78, 5) is 23.6. The first-order valence-corrected chi connectivity index (χ1v) is 7.82. The average Bonchev–Trinajstić information content (AvgIpc) is 2.42. The number of nitrogens with one attached hydrogen (secondary N) is 1. The van der Waals surface area contributed by atoms with E-state index >= 15 is 0 Å². The van der Waals surface area contributed by atoms with Crippen LogP contribution in [0.3, 0.4) is 0 Å². The Kier molecular flexibility index (Phi) is 7.12. The van der Waals surface area contributed by atoms with Gasteiger partial charge in [0.25, 0.3) is 0 Å². The second kappa shape index (κ2) is 8.60. The molecule has 0 bridgehead atoms. The lowest BCUT2D eigenvalue weighted by Gasteiger charge is -2.21. The van der Waals surface area contributed by atoms with Crippen LogP contribution in [0.25, 0.3) is 0 Å². The zero-order valence-corrected chi connectivity index (χ0v) is 15.3. The van der Waals surface area contributed by atoms with Crippen LogP contribution in [-0.4, -0.2) is 30.8 Å². The van der Waals surface area contributed by atoms with E-state index in [1.807, 2.05) is 19.1 Å². The minimum Gasteiger partial charge on any atom is -0.467 e. The Hall–Kier alpha value is -2.19. The highest BCUT2D eigenvalue weighted by Gasteiger charge is 2.24. The molecule has 0 aliphatic carbocycles. The highest BCUT2D eigenvalue weighted by molar-refractivity contribution is 6.30. The summed E-state index contributed by atoms with van der Waals surface area (Å²) in [6.45, 7) is 7.13. The van der Waals surface area contributed by atoms with E-state index < -0.39 is 23.7 Å². The standard InChI is InChI=1S/C18H22ClNO4/c1-12-9-13(11-14(19)10-12)7-6-8-15(16(21)23-5)20-17(22)24-18(2,3)4/h9-11,15H,8H2,1-5H3,(H,20,22)/t15-/m0/s1. The molecule has 6 heteroatoms. The third kappa shape index (κ3) is 7.38. The van der Waals surface area contributed by atoms with Crippen molar-refractivity contribution in [3.8, 4) is 11.8 Å². The molecule has 1 aromatic carbocycles. The van der Waals surface area contributed by atoms with Gasteiger partial charge in [-0.15, -0.1) is 0 Å². The van der Waals surface area contributed by atoms with Crippen molar-refractivity contribution in [2.24, 2.45) is 0 Å². The molecule has 130 valence electrons. The Labute approximate surface area is 147 Å². The molecule has 1 aromatic rings. The first kappa shape index (κ1) is 19.9. The quantitative estimate of drug-likeness (QED) is 0.669. The molecule has 0 saturated carbocycles. The van der Waals surface area contributed by atoms with E-state index in [0.29, 0.717) is 5.02 Å². The molecule has 0 unspecified atom stereocenters. The predicted octanol–water partition coefficient (Wildman–Crippen LogP) is 3.46. The molecule has 0 heterocycles. The lowest BCUT2D eigenvalue weighted by Crippen LogP contribution is -2.43. The molecule has 1 rings (SSSR count). The third-order valence-corrected chi connectivity index (χ3v) is 2.98. The summed E-state index contributed by atoms with van der Waals surface area (Å²) in [5.74, 6) is 5.20. The maximum Gasteiger partial charge on any atom is 0.408 e. The molecule has 24 heavy (non-hydrogen) atoms. The maximum atomic E-state index is 11.8. The second-order valence-corrected chi connectivity index (χ2v) is 6.68. The van der Waals surface area contributed by atoms with Crippen LogP contribution in [0.5, 0.6) is 0 Å². The summed E-state index contributed by atoms with van der Waals surface area (Å²) in [5.41, 5.74) is 1.07. The van der Waals surface area contributed by atoms with E-state index in [1.165, 1.54) is 7.11 Å². The van der Waals surface area contributed by atoms with E-state index in [-0.39, 0.29) is 6.42 Å². The number of amides is 1. The number of hydrogen-bond donors (Lipinski definition) is 1. The van der Waals surface area contributed by atoms with Gasteiger partial charge < -0.3 is 14.8 Å². The summed E-state index contributed by atoms with van der Waals surface area (Å²) in [5, 5.41) is 3.06. The van der Waals surface area contributed by atoms with Crippen LogP contribution in [0.1, 0.15) is 38.3 Å². The monoisotopic (exact) mass is 351 g/mol. The minimum absolute atomic E-state index is 0.0947. The Bertz CT molecular complexity index is 648. The molecule has 0 aliphatic rings. The Balaban J connectivity index is 2.79. The van der Waals surface area contributed by atoms with Crippen molar-refractivity contribution in [1.29, 1.82) is 0 Å². The molecule has 1 amide bonds. The minimum atomic E-state index is -0.905. The van der Waals surface area contributed by atoms with E-state index in [0.717, 1.165) is 11.1 Å². The first-order chi connectivity index (χ1) is 11.1. The van der Waals surface area contributed by atoms with E-state index in [9.17, 15) is 9.59 Å². The van der Waals surface area contributed by atoms with Gasteiger partial charge in [-0.3, -0.25) is 0 Å². The lowest BCUT2D eigenvalue weighted by atomic mass is 10.1. The summed E-state index contributed by atoms with van der Waals surface area (Å²) in [7, 11) is 1.25. The van der Waals surface area contributed by atoms with Crippen molar-refractivity contribution in [3.05, 3.63) is 34.3 Å². The van der Waals surface area contributed by atoms with Gasteiger partial charge in [-0.2, -0.15) is 0 Å². The number of methoxy groups -OCH3 is 1. The van der Waals surface area contributed by atoms with Gasteiger partial charge in [-0.1, -0.05) is 23.4 Å². The number of carbonyl (C=O) groups is 2. The molecular weight excluding hydrogens is 330 g/mol. The van der Waals surface area contributed by atoms with E-state index in [2.05, 4.69) is 21.9 Å². The van der Waals surface area contributed by atoms with Gasteiger partial charge >= 0.3 is 12.1 Å². The van der Waals surface area contributed by atoms with Gasteiger partial charge in [-0.05, 0) is 51.5 Å². The zero-order chi connectivity index (χ0) is 18.3. The number of halogens is 1. The fourth-order valence-corrected chi connectivity index (χ4v) is 2.14. The molecule has 0 aliphatic heterocycles. The fourth-order valence-electron chi connectivity index (χ4n) is 1.85. The van der Waals surface area contributed by atoms with Gasteiger partial charge in [0.2, 0.25) is 0 Å². The fraction of sp³-hybridized carbons (Fsp3) is 0.444. The van der Waals surface area contributed by atoms with Gasteiger partial charge in [0.05, 0.1) is 7.11 Å². The van der Waals surface area contributed by atoms with E-state index in [1.54, 1.807) is 26.8 Å². The van der Waals surface area contributed by atoms with Crippen LogP contribution in [0.4, 0.5) is 4.79 Å². The summed E-state index contributed by atoms with van der Waals surface area (Å²) >= 11 is 5.98. The number of carbonyl (C=O) groups excluding carboxylic acids is 2. The van der Waals surface area contributed by atoms with Crippen molar-refractivity contribution in [3.63, 3.8) is 0 Å². The summed E-state index contributed by atoms with van der Waals surface area (Å²) < 4.78 is 9.82. The van der Waals surface area contributed by atoms with Crippen molar-refractivity contribution < 1.29 is 19.1 Å². The second-order valence-electron chi connectivity index (χ2n) is 6.25. The van der Waals surface area contributed by atoms with Crippen LogP contribution in [0.15, 0.2) is 18.2 Å². The van der Waals surface area contributed by atoms with Crippen LogP contribution in [-0.2, 0) is 14.3 Å². The van der Waals surface area contributed by atoms with Crippen molar-refractivity contribution in [2.45, 2.75) is 45.8 Å². The maximum absolute atomic E-state index is 11.8. The number of rotatable bonds is 3. The van der Waals surface area contributed by atoms with Gasteiger partial charge in [0.15, 0.2) is 0 Å². The topological polar surface area (TPSA) is 64.6 Å². The SMILES string of the molecule is COC(=O)[C@H](CC#Cc1cc(C)cc(Cl)c1)NC(=O)OC(C)(C)C. The van der Waals surface area contributed by atoms with Crippen LogP contribution in [0, 0.1) is 18.8 Å². The molecule has 0 aromatic heterocycles. The number of benzene rings is 1. The van der Waals surface area contributed by atoms with Gasteiger partial charge in [0, 0.05) is 17.0 Å². The van der Waals surface area contributed by atoms with Crippen molar-refractivity contribution in [1.82, 2.24) is 5.32 Å². The number of esters is 1. The number of alkyl carbamates (subject to hydrolysis) is 1. The highest BCUT2D eigenvalue weighted by Crippen LogP contribution is 2.13. The number of hydrogen-bond acceptors (Lipinski definition) is 4. The lowest BCUT2D eigenvalue weighted by molar-refractivity contribution is -0.143. The van der Waals surface area contributed by atoms with Crippen molar-refractivity contribution >= 4 is 23.7 Å². The third-order valence-electron chi connectivity index (χ3n) is 2.76. The molecule has 0 spiro atoms. The average molecular weight is 352 g/mol. The smallest absolute Gasteiger partial charge is 0.408 e. The molecule has 0 saturated heterocycles. The molecule has 0 radical (unpaired) electrons. The molecule has 1 atom stereocenters. The first-order valence-electron chi connectivity index (χ1n) is 7.44. The van der Waals surface area contributed by atoms with Crippen LogP contribution < -0.4 is 5.32 Å². The molecule has 0 fully saturated rings. The normalized spacial score (nSPS) is 11.8. The molecule has 1 N–H and O–H groups in total. The Morgan fingerprint density at radius 3 is 2.50 bits per heavy atom. The predicted molar refractivity (Wildman–Crippen MR) is 92.9 cm³/mol. The largest absolute Gasteiger partial charge is 0.467 e. The Morgan fingerprint density at radius 1 is 1.29 bits per heavy atom. The summed E-state index contributed by atoms with van der Waals surface area (Å²) in [6, 6.07) is 4.54. The molecular formula is C18H22ClNO4. The highest BCUT2D eigenvalue weighted by atomic mass is 35.5. The van der Waals surface area contributed by atoms with Crippen LogP contribution >= 0.6 is 11.6 Å². The van der Waals surface area contributed by atoms with Gasteiger partial charge in [-0.25, -0.2) is 9.59 Å². The zero-order valence-electron chi connectivity index (χ0n) is 14.5. The van der Waals surface area contributed by atoms with Gasteiger partial charge in [0.1, 0.15) is 11.6 Å². The van der Waals surface area contributed by atoms with Crippen LogP contribution in [0.2, 0.25) is 5.02 Å². The van der Waals surface area contributed by atoms with E-state index in [4.69, 9.17) is 16.3 Å². The van der Waals surface area contributed by atoms with Crippen molar-refractivity contribution in [2.75, 3.05) is 7.11 Å². The molecule has 5 nitrogen and oxygen atoms in total. The Morgan fingerprint density at radius 2 is 1.96 bits per heavy atom. The summed E-state index contributed by atoms with van der Waals surface area (Å²) in [6.07, 6.45) is -0.601. The number of aryl methyl sites for hydroxylation is 1.